The summed E-state index contributed by atoms with van der Waals surface area (Å²) in [4.78, 5) is 14.0. The first-order chi connectivity index (χ1) is 12.9. The van der Waals surface area contributed by atoms with Crippen molar-refractivity contribution in [2.45, 2.75) is 39.1 Å². The molecule has 0 fully saturated rings. The van der Waals surface area contributed by atoms with Gasteiger partial charge in [0.05, 0.1) is 5.75 Å². The molecule has 0 atom stereocenters. The van der Waals surface area contributed by atoms with Crippen LogP contribution in [-0.2, 0) is 6.54 Å². The molecule has 0 saturated heterocycles. The zero-order chi connectivity index (χ0) is 19.6. The van der Waals surface area contributed by atoms with Crippen molar-refractivity contribution in [1.29, 1.82) is 0 Å². The number of ketones is 1. The molecule has 0 unspecified atom stereocenters. The average molecular weight is 398 g/mol. The van der Waals surface area contributed by atoms with E-state index in [1.54, 1.807) is 11.8 Å². The Kier molecular flexibility index (Phi) is 6.13. The monoisotopic (exact) mass is 397 g/mol. The minimum Gasteiger partial charge on any atom is -0.344 e. The van der Waals surface area contributed by atoms with Gasteiger partial charge in [-0.2, -0.15) is 0 Å². The van der Waals surface area contributed by atoms with E-state index in [1.165, 1.54) is 16.0 Å². The second-order valence-corrected chi connectivity index (χ2v) is 8.37. The first-order valence-corrected chi connectivity index (χ1v) is 10.4. The first kappa shape index (κ1) is 19.8. The minimum absolute atomic E-state index is 0.166. The number of nitrogens with zero attached hydrogens (tertiary/aromatic N) is 1. The Hall–Kier alpha value is -1.97. The van der Waals surface area contributed by atoms with Crippen LogP contribution in [0.25, 0.3) is 0 Å². The van der Waals surface area contributed by atoms with Gasteiger partial charge in [-0.3, -0.25) is 4.79 Å². The molecular weight excluding hydrogens is 374 g/mol. The zero-order valence-electron chi connectivity index (χ0n) is 16.2. The summed E-state index contributed by atoms with van der Waals surface area (Å²) in [6, 6.07) is 16.2. The van der Waals surface area contributed by atoms with Crippen LogP contribution in [0.4, 0.5) is 0 Å². The van der Waals surface area contributed by atoms with Gasteiger partial charge in [-0.15, -0.1) is 11.8 Å². The molecule has 4 heteroatoms. The smallest absolute Gasteiger partial charge is 0.174 e. The van der Waals surface area contributed by atoms with Gasteiger partial charge in [-0.1, -0.05) is 47.5 Å². The standard InChI is InChI=1S/C23H24ClNOS/c1-15-9-10-16(2)23(11-15)27-14-22(26)20-12-17(3)25(18(20)4)13-19-7-5-6-8-21(19)24/h5-12H,13-14H2,1-4H3. The molecule has 0 radical (unpaired) electrons. The molecule has 1 heterocycles. The van der Waals surface area contributed by atoms with Crippen molar-refractivity contribution in [3.05, 3.63) is 87.2 Å². The molecule has 27 heavy (non-hydrogen) atoms. The Morgan fingerprint density at radius 3 is 2.52 bits per heavy atom. The van der Waals surface area contributed by atoms with Gasteiger partial charge >= 0.3 is 0 Å². The summed E-state index contributed by atoms with van der Waals surface area (Å²) >= 11 is 7.92. The third-order valence-electron chi connectivity index (χ3n) is 4.86. The van der Waals surface area contributed by atoms with Crippen LogP contribution in [0.3, 0.4) is 0 Å². The lowest BCUT2D eigenvalue weighted by atomic mass is 10.2. The molecule has 1 aromatic heterocycles. The molecule has 0 N–H and O–H groups in total. The van der Waals surface area contributed by atoms with Gasteiger partial charge in [0.25, 0.3) is 0 Å². The highest BCUT2D eigenvalue weighted by atomic mass is 35.5. The average Bonchev–Trinajstić information content (AvgIpc) is 2.92. The van der Waals surface area contributed by atoms with Gasteiger partial charge in [0.2, 0.25) is 0 Å². The summed E-state index contributed by atoms with van der Waals surface area (Å²) < 4.78 is 2.16. The second kappa shape index (κ2) is 8.37. The number of Topliss-reactive ketones (excluding diaryl/α,β-unsaturated/α-hetero) is 1. The number of carbonyl (C=O) groups excluding carboxylic acids is 1. The van der Waals surface area contributed by atoms with Crippen molar-refractivity contribution in [1.82, 2.24) is 4.57 Å². The van der Waals surface area contributed by atoms with E-state index in [0.717, 1.165) is 27.5 Å². The highest BCUT2D eigenvalue weighted by Crippen LogP contribution is 2.26. The van der Waals surface area contributed by atoms with Crippen LogP contribution in [0.2, 0.25) is 5.02 Å². The minimum atomic E-state index is 0.166. The lowest BCUT2D eigenvalue weighted by molar-refractivity contribution is 0.102. The number of hydrogen-bond donors (Lipinski definition) is 0. The maximum absolute atomic E-state index is 12.9. The van der Waals surface area contributed by atoms with Gasteiger partial charge in [0.15, 0.2) is 5.78 Å². The van der Waals surface area contributed by atoms with Crippen LogP contribution in [0, 0.1) is 27.7 Å². The van der Waals surface area contributed by atoms with Crippen molar-refractivity contribution in [3.8, 4) is 0 Å². The predicted octanol–water partition coefficient (Wildman–Crippen LogP) is 6.40. The summed E-state index contributed by atoms with van der Waals surface area (Å²) in [7, 11) is 0. The van der Waals surface area contributed by atoms with E-state index in [0.29, 0.717) is 12.3 Å². The van der Waals surface area contributed by atoms with E-state index in [9.17, 15) is 4.79 Å². The Bertz CT molecular complexity index is 990. The molecule has 0 saturated carbocycles. The number of thioether (sulfide) groups is 1. The molecule has 0 aliphatic carbocycles. The van der Waals surface area contributed by atoms with Crippen molar-refractivity contribution in [3.63, 3.8) is 0 Å². The third kappa shape index (κ3) is 4.48. The fraction of sp³-hybridized carbons (Fsp3) is 0.261. The maximum atomic E-state index is 12.9. The molecule has 2 nitrogen and oxygen atoms in total. The van der Waals surface area contributed by atoms with Gasteiger partial charge in [0.1, 0.15) is 0 Å². The lowest BCUT2D eigenvalue weighted by Crippen LogP contribution is -2.08. The van der Waals surface area contributed by atoms with Gasteiger partial charge in [-0.05, 0) is 57.0 Å². The zero-order valence-corrected chi connectivity index (χ0v) is 17.7. The molecule has 0 aliphatic heterocycles. The summed E-state index contributed by atoms with van der Waals surface area (Å²) in [6.07, 6.45) is 0. The summed E-state index contributed by atoms with van der Waals surface area (Å²) in [5.41, 5.74) is 6.37. The highest BCUT2D eigenvalue weighted by Gasteiger charge is 2.17. The number of halogens is 1. The Balaban J connectivity index is 1.78. The molecule has 0 bridgehead atoms. The molecular formula is C23H24ClNOS. The molecule has 0 aliphatic rings. The van der Waals surface area contributed by atoms with E-state index in [4.69, 9.17) is 11.6 Å². The van der Waals surface area contributed by atoms with Crippen molar-refractivity contribution in [2.24, 2.45) is 0 Å². The fourth-order valence-electron chi connectivity index (χ4n) is 3.21. The Morgan fingerprint density at radius 2 is 1.78 bits per heavy atom. The van der Waals surface area contributed by atoms with Crippen LogP contribution in [0.1, 0.15) is 38.4 Å². The van der Waals surface area contributed by atoms with E-state index >= 15 is 0 Å². The molecule has 140 valence electrons. The van der Waals surface area contributed by atoms with Crippen LogP contribution in [0.5, 0.6) is 0 Å². The maximum Gasteiger partial charge on any atom is 0.174 e. The Labute approximate surface area is 170 Å². The first-order valence-electron chi connectivity index (χ1n) is 9.00. The van der Waals surface area contributed by atoms with Crippen LogP contribution in [0.15, 0.2) is 53.4 Å². The van der Waals surface area contributed by atoms with Gasteiger partial charge < -0.3 is 4.57 Å². The van der Waals surface area contributed by atoms with Crippen LogP contribution < -0.4 is 0 Å². The number of aryl methyl sites for hydroxylation is 3. The number of hydrogen-bond acceptors (Lipinski definition) is 2. The number of benzene rings is 2. The topological polar surface area (TPSA) is 22.0 Å². The SMILES string of the molecule is Cc1ccc(C)c(SCC(=O)c2cc(C)n(Cc3ccccc3Cl)c2C)c1. The van der Waals surface area contributed by atoms with Gasteiger partial charge in [0, 0.05) is 33.4 Å². The summed E-state index contributed by atoms with van der Waals surface area (Å²) in [5, 5.41) is 0.753. The van der Waals surface area contributed by atoms with Crippen molar-refractivity contribution < 1.29 is 4.79 Å². The summed E-state index contributed by atoms with van der Waals surface area (Å²) in [5.74, 6) is 0.611. The fourth-order valence-corrected chi connectivity index (χ4v) is 4.41. The third-order valence-corrected chi connectivity index (χ3v) is 6.39. The number of rotatable bonds is 6. The largest absolute Gasteiger partial charge is 0.344 e. The van der Waals surface area contributed by atoms with E-state index in [1.807, 2.05) is 44.2 Å². The number of carbonyl (C=O) groups is 1. The Morgan fingerprint density at radius 1 is 1.04 bits per heavy atom. The molecule has 3 rings (SSSR count). The predicted molar refractivity (Wildman–Crippen MR) is 115 cm³/mol. The molecule has 2 aromatic carbocycles. The van der Waals surface area contributed by atoms with Gasteiger partial charge in [-0.25, -0.2) is 0 Å². The molecule has 3 aromatic rings. The molecule has 0 amide bonds. The highest BCUT2D eigenvalue weighted by molar-refractivity contribution is 8.00. The second-order valence-electron chi connectivity index (χ2n) is 6.94. The normalized spacial score (nSPS) is 11.0. The van der Waals surface area contributed by atoms with Crippen molar-refractivity contribution >= 4 is 29.1 Å². The molecule has 0 spiro atoms. The quantitative estimate of drug-likeness (QED) is 0.354. The van der Waals surface area contributed by atoms with E-state index in [-0.39, 0.29) is 5.78 Å². The van der Waals surface area contributed by atoms with Crippen LogP contribution in [-0.4, -0.2) is 16.1 Å². The van der Waals surface area contributed by atoms with Crippen LogP contribution >= 0.6 is 23.4 Å². The van der Waals surface area contributed by atoms with E-state index < -0.39 is 0 Å². The lowest BCUT2D eigenvalue weighted by Gasteiger charge is -2.11. The summed E-state index contributed by atoms with van der Waals surface area (Å²) in [6.45, 7) is 8.89. The van der Waals surface area contributed by atoms with Crippen molar-refractivity contribution in [2.75, 3.05) is 5.75 Å². The van der Waals surface area contributed by atoms with E-state index in [2.05, 4.69) is 36.6 Å². The number of aromatic nitrogens is 1.